The Kier molecular flexibility index (Phi) is 5.83. The van der Waals surface area contributed by atoms with E-state index < -0.39 is 12.2 Å². The number of carbonyl (C=O) groups is 1. The minimum Gasteiger partial charge on any atom is -0.353 e. The van der Waals surface area contributed by atoms with Crippen molar-refractivity contribution in [2.24, 2.45) is 0 Å². The van der Waals surface area contributed by atoms with Gasteiger partial charge in [-0.25, -0.2) is 0 Å². The van der Waals surface area contributed by atoms with Crippen LogP contribution in [-0.2, 0) is 4.79 Å². The summed E-state index contributed by atoms with van der Waals surface area (Å²) >= 11 is 0. The molecule has 8 heteroatoms. The summed E-state index contributed by atoms with van der Waals surface area (Å²) in [6.45, 7) is 2.16. The van der Waals surface area contributed by atoms with Crippen LogP contribution in [-0.4, -0.2) is 68.3 Å². The van der Waals surface area contributed by atoms with Crippen LogP contribution in [0.2, 0.25) is 0 Å². The van der Waals surface area contributed by atoms with Gasteiger partial charge in [0, 0.05) is 32.7 Å². The Labute approximate surface area is 122 Å². The van der Waals surface area contributed by atoms with Crippen LogP contribution in [0.1, 0.15) is 19.3 Å². The predicted octanol–water partition coefficient (Wildman–Crippen LogP) is 0.0808. The van der Waals surface area contributed by atoms with E-state index in [1.165, 1.54) is 4.90 Å². The minimum atomic E-state index is -4.33. The van der Waals surface area contributed by atoms with Gasteiger partial charge >= 0.3 is 6.18 Å². The van der Waals surface area contributed by atoms with Crippen molar-refractivity contribution in [1.29, 1.82) is 0 Å². The van der Waals surface area contributed by atoms with Crippen LogP contribution < -0.4 is 16.0 Å². The molecule has 0 aromatic rings. The third-order valence-corrected chi connectivity index (χ3v) is 4.07. The highest BCUT2D eigenvalue weighted by atomic mass is 19.4. The number of halogens is 3. The molecule has 2 heterocycles. The first-order valence-corrected chi connectivity index (χ1v) is 7.51. The van der Waals surface area contributed by atoms with E-state index in [0.29, 0.717) is 32.6 Å². The Hall–Kier alpha value is -0.860. The highest BCUT2D eigenvalue weighted by molar-refractivity contribution is 5.81. The number of hydrogen-bond acceptors (Lipinski definition) is 4. The molecule has 21 heavy (non-hydrogen) atoms. The van der Waals surface area contributed by atoms with Gasteiger partial charge in [0.1, 0.15) is 6.04 Å². The van der Waals surface area contributed by atoms with Crippen molar-refractivity contribution in [3.8, 4) is 0 Å². The molecule has 1 unspecified atom stereocenters. The molecule has 0 aromatic heterocycles. The Morgan fingerprint density at radius 3 is 2.52 bits per heavy atom. The molecule has 3 N–H and O–H groups in total. The van der Waals surface area contributed by atoms with Crippen molar-refractivity contribution in [1.82, 2.24) is 20.9 Å². The quantitative estimate of drug-likeness (QED) is 0.688. The summed E-state index contributed by atoms with van der Waals surface area (Å²) in [5.41, 5.74) is 0. The van der Waals surface area contributed by atoms with Crippen LogP contribution in [0.3, 0.4) is 0 Å². The lowest BCUT2D eigenvalue weighted by atomic mass is 10.0. The van der Waals surface area contributed by atoms with Gasteiger partial charge < -0.3 is 16.0 Å². The van der Waals surface area contributed by atoms with Gasteiger partial charge in [0.05, 0.1) is 6.04 Å². The zero-order valence-corrected chi connectivity index (χ0v) is 12.0. The molecule has 0 aliphatic carbocycles. The number of piperazine rings is 1. The van der Waals surface area contributed by atoms with E-state index in [1.807, 2.05) is 0 Å². The van der Waals surface area contributed by atoms with E-state index in [-0.39, 0.29) is 18.5 Å². The molecule has 0 aromatic carbocycles. The molecule has 0 saturated carbocycles. The molecule has 1 amide bonds. The zero-order chi connectivity index (χ0) is 15.3. The average Bonchev–Trinajstić information content (AvgIpc) is 2.48. The molecule has 122 valence electrons. The number of alkyl halides is 3. The van der Waals surface area contributed by atoms with Crippen molar-refractivity contribution >= 4 is 5.91 Å². The van der Waals surface area contributed by atoms with Gasteiger partial charge in [-0.3, -0.25) is 9.69 Å². The summed E-state index contributed by atoms with van der Waals surface area (Å²) < 4.78 is 39.5. The van der Waals surface area contributed by atoms with E-state index in [2.05, 4.69) is 16.0 Å². The molecule has 2 atom stereocenters. The third kappa shape index (κ3) is 4.82. The van der Waals surface area contributed by atoms with Crippen LogP contribution in [0.4, 0.5) is 13.2 Å². The number of rotatable bonds is 4. The first-order chi connectivity index (χ1) is 9.98. The van der Waals surface area contributed by atoms with Crippen molar-refractivity contribution in [2.75, 3.05) is 39.3 Å². The molecule has 2 fully saturated rings. The number of nitrogens with zero attached hydrogens (tertiary/aromatic N) is 1. The van der Waals surface area contributed by atoms with Gasteiger partial charge in [-0.2, -0.15) is 13.2 Å². The lowest BCUT2D eigenvalue weighted by Gasteiger charge is -2.36. The number of nitrogens with one attached hydrogen (secondary N) is 3. The molecule has 2 rings (SSSR count). The average molecular weight is 308 g/mol. The fourth-order valence-electron chi connectivity index (χ4n) is 2.84. The molecule has 2 aliphatic heterocycles. The molecule has 2 aliphatic rings. The number of piperidine rings is 1. The van der Waals surface area contributed by atoms with Gasteiger partial charge in [-0.05, 0) is 19.4 Å². The monoisotopic (exact) mass is 308 g/mol. The smallest absolute Gasteiger partial charge is 0.353 e. The Bertz CT molecular complexity index is 339. The van der Waals surface area contributed by atoms with Gasteiger partial charge in [0.25, 0.3) is 0 Å². The van der Waals surface area contributed by atoms with E-state index in [0.717, 1.165) is 19.4 Å². The normalized spacial score (nSPS) is 26.3. The topological polar surface area (TPSA) is 56.4 Å². The van der Waals surface area contributed by atoms with E-state index in [9.17, 15) is 18.0 Å². The minimum absolute atomic E-state index is 0.320. The predicted molar refractivity (Wildman–Crippen MR) is 72.9 cm³/mol. The second-order valence-electron chi connectivity index (χ2n) is 5.59. The number of amides is 1. The van der Waals surface area contributed by atoms with Crippen LogP contribution >= 0.6 is 0 Å². The van der Waals surface area contributed by atoms with Crippen molar-refractivity contribution < 1.29 is 18.0 Å². The molecule has 0 radical (unpaired) electrons. The second-order valence-corrected chi connectivity index (χ2v) is 5.59. The van der Waals surface area contributed by atoms with Gasteiger partial charge in [0.2, 0.25) is 5.91 Å². The summed E-state index contributed by atoms with van der Waals surface area (Å²) in [5, 5.41) is 8.55. The Morgan fingerprint density at radius 1 is 1.24 bits per heavy atom. The van der Waals surface area contributed by atoms with E-state index in [4.69, 9.17) is 0 Å². The van der Waals surface area contributed by atoms with E-state index in [1.54, 1.807) is 0 Å². The molecular formula is C13H23F3N4O. The van der Waals surface area contributed by atoms with Crippen LogP contribution in [0, 0.1) is 0 Å². The molecule has 0 bridgehead atoms. The number of hydrogen-bond donors (Lipinski definition) is 3. The Morgan fingerprint density at radius 2 is 1.95 bits per heavy atom. The SMILES string of the molecule is O=C(NCC(N1CCNCC1)C(F)(F)F)[C@H]1CCCCN1. The third-order valence-electron chi connectivity index (χ3n) is 4.07. The fourth-order valence-corrected chi connectivity index (χ4v) is 2.84. The van der Waals surface area contributed by atoms with Crippen LogP contribution in [0.15, 0.2) is 0 Å². The highest BCUT2D eigenvalue weighted by Crippen LogP contribution is 2.24. The van der Waals surface area contributed by atoms with Crippen LogP contribution in [0.5, 0.6) is 0 Å². The van der Waals surface area contributed by atoms with Crippen LogP contribution in [0.25, 0.3) is 0 Å². The summed E-state index contributed by atoms with van der Waals surface area (Å²) in [7, 11) is 0. The lowest BCUT2D eigenvalue weighted by molar-refractivity contribution is -0.184. The summed E-state index contributed by atoms with van der Waals surface area (Å²) in [6.07, 6.45) is -1.69. The maximum Gasteiger partial charge on any atom is 0.405 e. The van der Waals surface area contributed by atoms with Crippen molar-refractivity contribution in [3.05, 3.63) is 0 Å². The molecule has 5 nitrogen and oxygen atoms in total. The fraction of sp³-hybridized carbons (Fsp3) is 0.923. The number of carbonyl (C=O) groups excluding carboxylic acids is 1. The maximum atomic E-state index is 13.2. The van der Waals surface area contributed by atoms with Gasteiger partial charge in [-0.15, -0.1) is 0 Å². The lowest BCUT2D eigenvalue weighted by Crippen LogP contribution is -2.58. The van der Waals surface area contributed by atoms with Crippen molar-refractivity contribution in [3.63, 3.8) is 0 Å². The summed E-state index contributed by atoms with van der Waals surface area (Å²) in [6, 6.07) is -1.96. The molecule has 2 saturated heterocycles. The standard InChI is InChI=1S/C13H23F3N4O/c14-13(15,16)11(20-7-5-17-6-8-20)9-19-12(21)10-3-1-2-4-18-10/h10-11,17-18H,1-9H2,(H,19,21)/t10-,11?/m1/s1. The maximum absolute atomic E-state index is 13.2. The van der Waals surface area contributed by atoms with E-state index >= 15 is 0 Å². The Balaban J connectivity index is 1.87. The van der Waals surface area contributed by atoms with Gasteiger partial charge in [0.15, 0.2) is 0 Å². The molecule has 0 spiro atoms. The highest BCUT2D eigenvalue weighted by Gasteiger charge is 2.44. The summed E-state index contributed by atoms with van der Waals surface area (Å²) in [5.74, 6) is -0.320. The second kappa shape index (κ2) is 7.42. The summed E-state index contributed by atoms with van der Waals surface area (Å²) in [4.78, 5) is 13.3. The first-order valence-electron chi connectivity index (χ1n) is 7.51. The zero-order valence-electron chi connectivity index (χ0n) is 12.0. The van der Waals surface area contributed by atoms with Crippen molar-refractivity contribution in [2.45, 2.75) is 37.5 Å². The van der Waals surface area contributed by atoms with Gasteiger partial charge in [-0.1, -0.05) is 6.42 Å². The largest absolute Gasteiger partial charge is 0.405 e. The first kappa shape index (κ1) is 16.5. The molecular weight excluding hydrogens is 285 g/mol.